The first-order valence-corrected chi connectivity index (χ1v) is 5.66. The first kappa shape index (κ1) is 11.1. The predicted octanol–water partition coefficient (Wildman–Crippen LogP) is 1.52. The Morgan fingerprint density at radius 1 is 1.56 bits per heavy atom. The van der Waals surface area contributed by atoms with Gasteiger partial charge in [-0.15, -0.1) is 0 Å². The maximum atomic E-state index is 11.5. The molecule has 86 valence electrons. The molecule has 3 nitrogen and oxygen atoms in total. The van der Waals surface area contributed by atoms with Crippen molar-refractivity contribution in [2.45, 2.75) is 32.7 Å². The van der Waals surface area contributed by atoms with Gasteiger partial charge in [0.2, 0.25) is 5.91 Å². The summed E-state index contributed by atoms with van der Waals surface area (Å²) in [4.78, 5) is 13.4. The van der Waals surface area contributed by atoms with Gasteiger partial charge in [0.25, 0.3) is 0 Å². The number of anilines is 1. The minimum absolute atomic E-state index is 0.0983. The summed E-state index contributed by atoms with van der Waals surface area (Å²) in [7, 11) is 0. The Bertz CT molecular complexity index is 414. The van der Waals surface area contributed by atoms with Gasteiger partial charge in [-0.25, -0.2) is 0 Å². The normalized spacial score (nSPS) is 18.7. The van der Waals surface area contributed by atoms with Gasteiger partial charge in [0, 0.05) is 25.3 Å². The summed E-state index contributed by atoms with van der Waals surface area (Å²) in [6.45, 7) is 3.84. The lowest BCUT2D eigenvalue weighted by Gasteiger charge is -2.20. The Hall–Kier alpha value is -1.35. The van der Waals surface area contributed by atoms with E-state index in [-0.39, 0.29) is 18.6 Å². The zero-order valence-corrected chi connectivity index (χ0v) is 9.73. The molecule has 0 spiro atoms. The third-order valence-electron chi connectivity index (χ3n) is 3.10. The molecule has 0 fully saturated rings. The first-order chi connectivity index (χ1) is 7.63. The largest absolute Gasteiger partial charge is 0.396 e. The van der Waals surface area contributed by atoms with Crippen molar-refractivity contribution >= 4 is 11.6 Å². The van der Waals surface area contributed by atoms with Crippen LogP contribution in [0.5, 0.6) is 0 Å². The van der Waals surface area contributed by atoms with Crippen molar-refractivity contribution in [1.29, 1.82) is 0 Å². The Labute approximate surface area is 95.7 Å². The molecule has 1 amide bonds. The lowest BCUT2D eigenvalue weighted by molar-refractivity contribution is -0.116. The van der Waals surface area contributed by atoms with Gasteiger partial charge in [0.15, 0.2) is 0 Å². The number of carbonyl (C=O) groups excluding carboxylic acids is 1. The van der Waals surface area contributed by atoms with Crippen LogP contribution in [0.1, 0.15) is 25.0 Å². The quantitative estimate of drug-likeness (QED) is 0.819. The van der Waals surface area contributed by atoms with Gasteiger partial charge in [0.05, 0.1) is 0 Å². The van der Waals surface area contributed by atoms with Crippen LogP contribution in [-0.4, -0.2) is 23.7 Å². The average Bonchev–Trinajstić information content (AvgIpc) is 2.53. The molecule has 1 N–H and O–H groups in total. The van der Waals surface area contributed by atoms with Crippen LogP contribution in [0, 0.1) is 0 Å². The van der Waals surface area contributed by atoms with Crippen LogP contribution < -0.4 is 4.90 Å². The van der Waals surface area contributed by atoms with Crippen molar-refractivity contribution in [2.24, 2.45) is 0 Å². The summed E-state index contributed by atoms with van der Waals surface area (Å²) in [5.41, 5.74) is 3.38. The van der Waals surface area contributed by atoms with Gasteiger partial charge < -0.3 is 10.0 Å². The van der Waals surface area contributed by atoms with Gasteiger partial charge in [-0.05, 0) is 37.0 Å². The molecule has 2 rings (SSSR count). The number of carbonyl (C=O) groups is 1. The predicted molar refractivity (Wildman–Crippen MR) is 63.6 cm³/mol. The van der Waals surface area contributed by atoms with Crippen LogP contribution in [0.25, 0.3) is 0 Å². The summed E-state index contributed by atoms with van der Waals surface area (Å²) >= 11 is 0. The van der Waals surface area contributed by atoms with Crippen LogP contribution in [0.3, 0.4) is 0 Å². The van der Waals surface area contributed by atoms with Crippen molar-refractivity contribution in [1.82, 2.24) is 0 Å². The molecule has 1 aliphatic rings. The van der Waals surface area contributed by atoms with E-state index in [9.17, 15) is 4.79 Å². The Morgan fingerprint density at radius 2 is 2.31 bits per heavy atom. The molecule has 1 aromatic rings. The number of fused-ring (bicyclic) bond motifs is 1. The van der Waals surface area contributed by atoms with Crippen molar-refractivity contribution in [3.63, 3.8) is 0 Å². The van der Waals surface area contributed by atoms with Crippen LogP contribution in [0.4, 0.5) is 5.69 Å². The molecule has 1 heterocycles. The second-order valence-corrected chi connectivity index (χ2v) is 4.38. The topological polar surface area (TPSA) is 40.5 Å². The van der Waals surface area contributed by atoms with Gasteiger partial charge in [-0.1, -0.05) is 12.1 Å². The number of hydrogen-bond acceptors (Lipinski definition) is 2. The molecule has 1 aromatic carbocycles. The van der Waals surface area contributed by atoms with E-state index in [1.54, 1.807) is 6.92 Å². The summed E-state index contributed by atoms with van der Waals surface area (Å²) in [6, 6.07) is 6.33. The average molecular weight is 219 g/mol. The summed E-state index contributed by atoms with van der Waals surface area (Å²) in [6.07, 6.45) is 1.59. The highest BCUT2D eigenvalue weighted by Crippen LogP contribution is 2.32. The smallest absolute Gasteiger partial charge is 0.224 e. The highest BCUT2D eigenvalue weighted by Gasteiger charge is 2.28. The second kappa shape index (κ2) is 4.26. The summed E-state index contributed by atoms with van der Waals surface area (Å²) in [5.74, 6) is 0.0983. The third-order valence-corrected chi connectivity index (χ3v) is 3.10. The lowest BCUT2D eigenvalue weighted by atomic mass is 10.1. The molecular formula is C13H17NO2. The Kier molecular flexibility index (Phi) is 2.97. The first-order valence-electron chi connectivity index (χ1n) is 5.66. The van der Waals surface area contributed by atoms with Crippen LogP contribution >= 0.6 is 0 Å². The number of aliphatic hydroxyl groups excluding tert-OH is 1. The number of aliphatic hydroxyl groups is 1. The van der Waals surface area contributed by atoms with E-state index in [0.29, 0.717) is 6.42 Å². The molecule has 3 heteroatoms. The molecule has 0 aromatic heterocycles. The number of rotatable bonds is 2. The van der Waals surface area contributed by atoms with Crippen molar-refractivity contribution in [2.75, 3.05) is 11.5 Å². The monoisotopic (exact) mass is 219 g/mol. The zero-order chi connectivity index (χ0) is 11.7. The summed E-state index contributed by atoms with van der Waals surface area (Å²) < 4.78 is 0. The van der Waals surface area contributed by atoms with Crippen LogP contribution in [0.15, 0.2) is 18.2 Å². The van der Waals surface area contributed by atoms with E-state index in [2.05, 4.69) is 13.0 Å². The molecule has 1 aliphatic heterocycles. The fraction of sp³-hybridized carbons (Fsp3) is 0.462. The fourth-order valence-corrected chi connectivity index (χ4v) is 2.45. The van der Waals surface area contributed by atoms with Crippen molar-refractivity contribution < 1.29 is 9.90 Å². The lowest BCUT2D eigenvalue weighted by Crippen LogP contribution is -2.33. The molecule has 0 aliphatic carbocycles. The fourth-order valence-electron chi connectivity index (χ4n) is 2.45. The number of benzene rings is 1. The maximum absolute atomic E-state index is 11.5. The number of nitrogens with zero attached hydrogens (tertiary/aromatic N) is 1. The van der Waals surface area contributed by atoms with E-state index in [0.717, 1.165) is 17.7 Å². The molecule has 0 saturated heterocycles. The summed E-state index contributed by atoms with van der Waals surface area (Å²) in [5, 5.41) is 8.90. The van der Waals surface area contributed by atoms with E-state index in [4.69, 9.17) is 5.11 Å². The van der Waals surface area contributed by atoms with Crippen molar-refractivity contribution in [3.8, 4) is 0 Å². The Morgan fingerprint density at radius 3 is 2.94 bits per heavy atom. The molecule has 16 heavy (non-hydrogen) atoms. The van der Waals surface area contributed by atoms with Gasteiger partial charge >= 0.3 is 0 Å². The van der Waals surface area contributed by atoms with Crippen LogP contribution in [0.2, 0.25) is 0 Å². The molecule has 0 radical (unpaired) electrons. The molecule has 0 bridgehead atoms. The minimum atomic E-state index is 0.0983. The maximum Gasteiger partial charge on any atom is 0.224 e. The van der Waals surface area contributed by atoms with Gasteiger partial charge in [-0.2, -0.15) is 0 Å². The second-order valence-electron chi connectivity index (χ2n) is 4.38. The Balaban J connectivity index is 2.34. The standard InChI is InChI=1S/C13H17NO2/c1-9-7-12-8-11(5-6-15)3-4-13(12)14(9)10(2)16/h3-4,8-9,15H,5-7H2,1-2H3. The number of amides is 1. The third kappa shape index (κ3) is 1.83. The highest BCUT2D eigenvalue weighted by molar-refractivity contribution is 5.94. The highest BCUT2D eigenvalue weighted by atomic mass is 16.2. The zero-order valence-electron chi connectivity index (χ0n) is 9.73. The SMILES string of the molecule is CC(=O)N1c2ccc(CCO)cc2CC1C. The molecular weight excluding hydrogens is 202 g/mol. The number of hydrogen-bond donors (Lipinski definition) is 1. The van der Waals surface area contributed by atoms with E-state index in [1.165, 1.54) is 5.56 Å². The molecule has 0 saturated carbocycles. The van der Waals surface area contributed by atoms with E-state index in [1.807, 2.05) is 17.0 Å². The minimum Gasteiger partial charge on any atom is -0.396 e. The van der Waals surface area contributed by atoms with Gasteiger partial charge in [-0.3, -0.25) is 4.79 Å². The van der Waals surface area contributed by atoms with E-state index >= 15 is 0 Å². The van der Waals surface area contributed by atoms with Crippen molar-refractivity contribution in [3.05, 3.63) is 29.3 Å². The molecule has 1 atom stereocenters. The molecule has 1 unspecified atom stereocenters. The van der Waals surface area contributed by atoms with Crippen LogP contribution in [-0.2, 0) is 17.6 Å². The van der Waals surface area contributed by atoms with E-state index < -0.39 is 0 Å². The van der Waals surface area contributed by atoms with Gasteiger partial charge in [0.1, 0.15) is 0 Å².